The van der Waals surface area contributed by atoms with Crippen LogP contribution in [0.5, 0.6) is 0 Å². The SMILES string of the molecule is CCN1CCCC1CN(C)c1cc(N)ncn1. The summed E-state index contributed by atoms with van der Waals surface area (Å²) in [5.74, 6) is 1.43. The Labute approximate surface area is 103 Å². The molecule has 0 bridgehead atoms. The first-order valence-electron chi connectivity index (χ1n) is 6.23. The zero-order valence-corrected chi connectivity index (χ0v) is 10.6. The van der Waals surface area contributed by atoms with E-state index in [2.05, 4.69) is 33.7 Å². The minimum atomic E-state index is 0.528. The summed E-state index contributed by atoms with van der Waals surface area (Å²) in [6.07, 6.45) is 4.10. The van der Waals surface area contributed by atoms with Crippen molar-refractivity contribution in [3.05, 3.63) is 12.4 Å². The number of nitrogen functional groups attached to an aromatic ring is 1. The average molecular weight is 235 g/mol. The van der Waals surface area contributed by atoms with E-state index in [9.17, 15) is 0 Å². The molecule has 0 amide bonds. The number of hydrogen-bond donors (Lipinski definition) is 1. The van der Waals surface area contributed by atoms with Crippen molar-refractivity contribution in [2.24, 2.45) is 0 Å². The van der Waals surface area contributed by atoms with Gasteiger partial charge in [0, 0.05) is 25.7 Å². The van der Waals surface area contributed by atoms with Gasteiger partial charge in [0.25, 0.3) is 0 Å². The second kappa shape index (κ2) is 5.31. The van der Waals surface area contributed by atoms with Crippen LogP contribution in [0.25, 0.3) is 0 Å². The van der Waals surface area contributed by atoms with Gasteiger partial charge in [-0.1, -0.05) is 6.92 Å². The minimum absolute atomic E-state index is 0.528. The summed E-state index contributed by atoms with van der Waals surface area (Å²) in [6, 6.07) is 2.46. The summed E-state index contributed by atoms with van der Waals surface area (Å²) in [4.78, 5) is 12.9. The highest BCUT2D eigenvalue weighted by atomic mass is 15.2. The molecule has 1 saturated heterocycles. The Bertz CT molecular complexity index is 368. The van der Waals surface area contributed by atoms with Crippen LogP contribution in [0.15, 0.2) is 12.4 Å². The van der Waals surface area contributed by atoms with Gasteiger partial charge < -0.3 is 10.6 Å². The molecule has 5 nitrogen and oxygen atoms in total. The number of likely N-dealkylation sites (tertiary alicyclic amines) is 1. The normalized spacial score (nSPS) is 20.7. The molecule has 1 unspecified atom stereocenters. The highest BCUT2D eigenvalue weighted by Crippen LogP contribution is 2.19. The molecule has 1 aliphatic heterocycles. The Balaban J connectivity index is 1.99. The van der Waals surface area contributed by atoms with Crippen molar-refractivity contribution in [2.75, 3.05) is 37.3 Å². The number of hydrogen-bond acceptors (Lipinski definition) is 5. The standard InChI is InChI=1S/C12H21N5/c1-3-17-6-4-5-10(17)8-16(2)12-7-11(13)14-9-15-12/h7,9-10H,3-6,8H2,1-2H3,(H2,13,14,15). The number of likely N-dealkylation sites (N-methyl/N-ethyl adjacent to an activating group) is 2. The molecule has 1 aromatic heterocycles. The zero-order valence-electron chi connectivity index (χ0n) is 10.6. The molecule has 2 N–H and O–H groups in total. The molecular weight excluding hydrogens is 214 g/mol. The fourth-order valence-electron chi connectivity index (χ4n) is 2.50. The van der Waals surface area contributed by atoms with E-state index < -0.39 is 0 Å². The second-order valence-corrected chi connectivity index (χ2v) is 4.61. The van der Waals surface area contributed by atoms with Crippen LogP contribution in [-0.2, 0) is 0 Å². The highest BCUT2D eigenvalue weighted by molar-refractivity contribution is 5.45. The van der Waals surface area contributed by atoms with Gasteiger partial charge in [0.15, 0.2) is 0 Å². The minimum Gasteiger partial charge on any atom is -0.384 e. The summed E-state index contributed by atoms with van der Waals surface area (Å²) in [5.41, 5.74) is 5.67. The van der Waals surface area contributed by atoms with Gasteiger partial charge in [-0.15, -0.1) is 0 Å². The highest BCUT2D eigenvalue weighted by Gasteiger charge is 2.24. The smallest absolute Gasteiger partial charge is 0.133 e. The first-order chi connectivity index (χ1) is 8.20. The van der Waals surface area contributed by atoms with Crippen molar-refractivity contribution >= 4 is 11.6 Å². The van der Waals surface area contributed by atoms with Gasteiger partial charge in [-0.05, 0) is 25.9 Å². The van der Waals surface area contributed by atoms with Crippen LogP contribution in [0.3, 0.4) is 0 Å². The quantitative estimate of drug-likeness (QED) is 0.843. The van der Waals surface area contributed by atoms with Gasteiger partial charge >= 0.3 is 0 Å². The first-order valence-corrected chi connectivity index (χ1v) is 6.23. The molecule has 0 aliphatic carbocycles. The molecule has 1 aliphatic rings. The van der Waals surface area contributed by atoms with Crippen molar-refractivity contribution in [2.45, 2.75) is 25.8 Å². The number of nitrogens with two attached hydrogens (primary N) is 1. The third kappa shape index (κ3) is 2.85. The van der Waals surface area contributed by atoms with Crippen LogP contribution >= 0.6 is 0 Å². The van der Waals surface area contributed by atoms with Gasteiger partial charge in [-0.25, -0.2) is 9.97 Å². The second-order valence-electron chi connectivity index (χ2n) is 4.61. The summed E-state index contributed by atoms with van der Waals surface area (Å²) >= 11 is 0. The van der Waals surface area contributed by atoms with E-state index in [4.69, 9.17) is 5.73 Å². The lowest BCUT2D eigenvalue weighted by atomic mass is 10.2. The van der Waals surface area contributed by atoms with E-state index in [0.717, 1.165) is 18.9 Å². The van der Waals surface area contributed by atoms with Crippen LogP contribution in [0, 0.1) is 0 Å². The number of rotatable bonds is 4. The molecule has 1 atom stereocenters. The molecule has 0 radical (unpaired) electrons. The van der Waals surface area contributed by atoms with Gasteiger partial charge in [0.2, 0.25) is 0 Å². The molecule has 0 spiro atoms. The van der Waals surface area contributed by atoms with Crippen molar-refractivity contribution in [1.82, 2.24) is 14.9 Å². The molecule has 17 heavy (non-hydrogen) atoms. The zero-order chi connectivity index (χ0) is 12.3. The van der Waals surface area contributed by atoms with E-state index in [0.29, 0.717) is 11.9 Å². The van der Waals surface area contributed by atoms with Crippen LogP contribution in [-0.4, -0.2) is 47.6 Å². The fourth-order valence-corrected chi connectivity index (χ4v) is 2.50. The lowest BCUT2D eigenvalue weighted by molar-refractivity contribution is 0.270. The van der Waals surface area contributed by atoms with Gasteiger partial charge in [0.1, 0.15) is 18.0 Å². The van der Waals surface area contributed by atoms with Crippen LogP contribution < -0.4 is 10.6 Å². The van der Waals surface area contributed by atoms with Gasteiger partial charge in [-0.2, -0.15) is 0 Å². The maximum Gasteiger partial charge on any atom is 0.133 e. The number of anilines is 2. The fraction of sp³-hybridized carbons (Fsp3) is 0.667. The van der Waals surface area contributed by atoms with E-state index in [1.807, 2.05) is 6.07 Å². The van der Waals surface area contributed by atoms with E-state index in [1.54, 1.807) is 0 Å². The molecule has 1 aromatic rings. The Morgan fingerprint density at radius 3 is 3.06 bits per heavy atom. The van der Waals surface area contributed by atoms with Crippen molar-refractivity contribution in [3.63, 3.8) is 0 Å². The Hall–Kier alpha value is -1.36. The van der Waals surface area contributed by atoms with Crippen LogP contribution in [0.4, 0.5) is 11.6 Å². The Morgan fingerprint density at radius 2 is 2.35 bits per heavy atom. The molecule has 1 fully saturated rings. The van der Waals surface area contributed by atoms with Crippen LogP contribution in [0.2, 0.25) is 0 Å². The van der Waals surface area contributed by atoms with Crippen molar-refractivity contribution < 1.29 is 0 Å². The average Bonchev–Trinajstić information content (AvgIpc) is 2.76. The summed E-state index contributed by atoms with van der Waals surface area (Å²) in [7, 11) is 2.06. The largest absolute Gasteiger partial charge is 0.384 e. The van der Waals surface area contributed by atoms with E-state index >= 15 is 0 Å². The number of nitrogens with zero attached hydrogens (tertiary/aromatic N) is 4. The summed E-state index contributed by atoms with van der Waals surface area (Å²) < 4.78 is 0. The lowest BCUT2D eigenvalue weighted by Crippen LogP contribution is -2.39. The molecule has 94 valence electrons. The van der Waals surface area contributed by atoms with Crippen molar-refractivity contribution in [3.8, 4) is 0 Å². The molecule has 2 heterocycles. The third-order valence-corrected chi connectivity index (χ3v) is 3.45. The molecule has 0 aromatic carbocycles. The summed E-state index contributed by atoms with van der Waals surface area (Å²) in [6.45, 7) is 5.58. The Kier molecular flexibility index (Phi) is 3.78. The Morgan fingerprint density at radius 1 is 1.53 bits per heavy atom. The topological polar surface area (TPSA) is 58.3 Å². The first kappa shape index (κ1) is 12.1. The van der Waals surface area contributed by atoms with Crippen molar-refractivity contribution in [1.29, 1.82) is 0 Å². The predicted molar refractivity (Wildman–Crippen MR) is 70.0 cm³/mol. The predicted octanol–water partition coefficient (Wildman–Crippen LogP) is 0.979. The molecular formula is C12H21N5. The number of aromatic nitrogens is 2. The van der Waals surface area contributed by atoms with E-state index in [1.165, 1.54) is 25.7 Å². The van der Waals surface area contributed by atoms with Crippen LogP contribution in [0.1, 0.15) is 19.8 Å². The summed E-state index contributed by atoms with van der Waals surface area (Å²) in [5, 5.41) is 0. The maximum atomic E-state index is 5.67. The molecule has 2 rings (SSSR count). The molecule has 0 saturated carbocycles. The molecule has 5 heteroatoms. The lowest BCUT2D eigenvalue weighted by Gasteiger charge is -2.28. The third-order valence-electron chi connectivity index (χ3n) is 3.45. The van der Waals surface area contributed by atoms with Gasteiger partial charge in [0.05, 0.1) is 0 Å². The van der Waals surface area contributed by atoms with E-state index in [-0.39, 0.29) is 0 Å². The monoisotopic (exact) mass is 235 g/mol. The maximum absolute atomic E-state index is 5.67. The van der Waals surface area contributed by atoms with Gasteiger partial charge in [-0.3, -0.25) is 4.90 Å².